The third-order valence-corrected chi connectivity index (χ3v) is 5.18. The van der Waals surface area contributed by atoms with Gasteiger partial charge in [0.15, 0.2) is 18.1 Å². The van der Waals surface area contributed by atoms with E-state index in [-0.39, 0.29) is 5.56 Å². The molecule has 150 valence electrons. The molecule has 0 unspecified atom stereocenters. The largest absolute Gasteiger partial charge is 0.493 e. The van der Waals surface area contributed by atoms with Gasteiger partial charge in [-0.1, -0.05) is 15.9 Å². The predicted octanol–water partition coefficient (Wildman–Crippen LogP) is 3.43. The maximum atomic E-state index is 12.8. The van der Waals surface area contributed by atoms with Gasteiger partial charge in [0.1, 0.15) is 5.82 Å². The van der Waals surface area contributed by atoms with E-state index in [2.05, 4.69) is 26.0 Å². The fraction of sp³-hybridized carbons (Fsp3) is 0.158. The molecule has 0 radical (unpaired) electrons. The van der Waals surface area contributed by atoms with E-state index in [9.17, 15) is 9.59 Å². The molecule has 0 saturated carbocycles. The summed E-state index contributed by atoms with van der Waals surface area (Å²) >= 11 is 5.38. The number of hydrogen-bond donors (Lipinski definition) is 1. The average molecular weight is 572 g/mol. The van der Waals surface area contributed by atoms with Crippen LogP contribution in [0.1, 0.15) is 11.4 Å². The Labute approximate surface area is 187 Å². The summed E-state index contributed by atoms with van der Waals surface area (Å²) in [6, 6.07) is 8.69. The molecule has 0 amide bonds. The number of carboxylic acids is 1. The summed E-state index contributed by atoms with van der Waals surface area (Å²) in [7, 11) is 1.46. The normalized spacial score (nSPS) is 11.2. The fourth-order valence-electron chi connectivity index (χ4n) is 2.61. The second-order valence-corrected chi connectivity index (χ2v) is 7.98. The lowest BCUT2D eigenvalue weighted by molar-refractivity contribution is -0.139. The number of aliphatic carboxylic acids is 1. The minimum absolute atomic E-state index is 0.284. The Morgan fingerprint density at radius 3 is 2.83 bits per heavy atom. The minimum atomic E-state index is -1.08. The number of hydrogen-bond acceptors (Lipinski definition) is 6. The van der Waals surface area contributed by atoms with Crippen molar-refractivity contribution in [3.8, 4) is 11.5 Å². The molecule has 0 atom stereocenters. The van der Waals surface area contributed by atoms with Gasteiger partial charge < -0.3 is 14.6 Å². The van der Waals surface area contributed by atoms with Crippen molar-refractivity contribution in [2.75, 3.05) is 13.7 Å². The van der Waals surface area contributed by atoms with E-state index in [1.807, 2.05) is 28.7 Å². The van der Waals surface area contributed by atoms with Crippen molar-refractivity contribution in [2.24, 2.45) is 5.10 Å². The molecule has 0 aliphatic rings. The van der Waals surface area contributed by atoms with Gasteiger partial charge in [0.05, 0.1) is 27.8 Å². The van der Waals surface area contributed by atoms with Crippen molar-refractivity contribution in [3.63, 3.8) is 0 Å². The number of carbonyl (C=O) groups is 1. The molecule has 0 fully saturated rings. The van der Waals surface area contributed by atoms with E-state index in [1.165, 1.54) is 18.0 Å². The maximum Gasteiger partial charge on any atom is 0.341 e. The highest BCUT2D eigenvalue weighted by molar-refractivity contribution is 14.1. The quantitative estimate of drug-likeness (QED) is 0.359. The summed E-state index contributed by atoms with van der Waals surface area (Å²) in [4.78, 5) is 28.0. The smallest absolute Gasteiger partial charge is 0.341 e. The number of rotatable bonds is 6. The van der Waals surface area contributed by atoms with Gasteiger partial charge in [-0.15, -0.1) is 0 Å². The summed E-state index contributed by atoms with van der Waals surface area (Å²) in [6.45, 7) is 1.22. The summed E-state index contributed by atoms with van der Waals surface area (Å²) < 4.78 is 13.2. The number of aromatic nitrogens is 2. The molecular weight excluding hydrogens is 557 g/mol. The SMILES string of the molecule is COc1cc(C=Nn2c(C)nc3ccc(Br)cc3c2=O)cc(I)c1OCC(=O)O. The van der Waals surface area contributed by atoms with Crippen LogP contribution >= 0.6 is 38.5 Å². The molecule has 1 N–H and O–H groups in total. The molecule has 0 aliphatic heterocycles. The number of aryl methyl sites for hydroxylation is 1. The minimum Gasteiger partial charge on any atom is -0.493 e. The molecule has 0 aliphatic carbocycles. The Balaban J connectivity index is 2.01. The summed E-state index contributed by atoms with van der Waals surface area (Å²) in [5.41, 5.74) is 0.959. The topological polar surface area (TPSA) is 103 Å². The molecule has 29 heavy (non-hydrogen) atoms. The van der Waals surface area contributed by atoms with Gasteiger partial charge >= 0.3 is 5.97 Å². The molecule has 0 spiro atoms. The highest BCUT2D eigenvalue weighted by Gasteiger charge is 2.13. The van der Waals surface area contributed by atoms with E-state index in [1.54, 1.807) is 31.2 Å². The lowest BCUT2D eigenvalue weighted by Gasteiger charge is -2.12. The number of ether oxygens (including phenoxy) is 2. The third-order valence-electron chi connectivity index (χ3n) is 3.88. The third kappa shape index (κ3) is 4.75. The number of nitrogens with zero attached hydrogens (tertiary/aromatic N) is 3. The lowest BCUT2D eigenvalue weighted by atomic mass is 10.2. The van der Waals surface area contributed by atoms with Crippen molar-refractivity contribution in [3.05, 3.63) is 60.1 Å². The van der Waals surface area contributed by atoms with Crippen molar-refractivity contribution in [1.29, 1.82) is 0 Å². The van der Waals surface area contributed by atoms with E-state index in [0.717, 1.165) is 4.47 Å². The predicted molar refractivity (Wildman–Crippen MR) is 120 cm³/mol. The molecule has 10 heteroatoms. The van der Waals surface area contributed by atoms with Gasteiger partial charge in [-0.25, -0.2) is 9.78 Å². The van der Waals surface area contributed by atoms with Gasteiger partial charge in [-0.05, 0) is 65.4 Å². The van der Waals surface area contributed by atoms with Gasteiger partial charge in [-0.2, -0.15) is 9.78 Å². The maximum absolute atomic E-state index is 12.8. The number of fused-ring (bicyclic) bond motifs is 1. The van der Waals surface area contributed by atoms with Gasteiger partial charge in [-0.3, -0.25) is 4.79 Å². The van der Waals surface area contributed by atoms with Crippen LogP contribution in [0.4, 0.5) is 0 Å². The Hall–Kier alpha value is -2.47. The van der Waals surface area contributed by atoms with E-state index >= 15 is 0 Å². The van der Waals surface area contributed by atoms with Crippen LogP contribution in [0.25, 0.3) is 10.9 Å². The molecule has 0 saturated heterocycles. The Morgan fingerprint density at radius 1 is 1.38 bits per heavy atom. The molecule has 1 aromatic heterocycles. The lowest BCUT2D eigenvalue weighted by Crippen LogP contribution is -2.20. The molecule has 2 aromatic carbocycles. The zero-order chi connectivity index (χ0) is 21.1. The van der Waals surface area contributed by atoms with Crippen LogP contribution in [0.5, 0.6) is 11.5 Å². The van der Waals surface area contributed by atoms with Gasteiger partial charge in [0.25, 0.3) is 5.56 Å². The van der Waals surface area contributed by atoms with E-state index in [0.29, 0.717) is 37.4 Å². The van der Waals surface area contributed by atoms with Crippen LogP contribution < -0.4 is 15.0 Å². The Kier molecular flexibility index (Phi) is 6.52. The molecule has 3 aromatic rings. The average Bonchev–Trinajstić information content (AvgIpc) is 2.67. The van der Waals surface area contributed by atoms with E-state index in [4.69, 9.17) is 14.6 Å². The van der Waals surface area contributed by atoms with Crippen LogP contribution in [-0.4, -0.2) is 40.7 Å². The van der Waals surface area contributed by atoms with Crippen LogP contribution in [0.3, 0.4) is 0 Å². The van der Waals surface area contributed by atoms with Crippen molar-refractivity contribution >= 4 is 61.6 Å². The van der Waals surface area contributed by atoms with Crippen LogP contribution in [0, 0.1) is 10.5 Å². The zero-order valence-electron chi connectivity index (χ0n) is 15.3. The number of benzene rings is 2. The molecule has 1 heterocycles. The first kappa shape index (κ1) is 21.2. The molecule has 3 rings (SSSR count). The van der Waals surface area contributed by atoms with Crippen LogP contribution in [0.2, 0.25) is 0 Å². The number of halogens is 2. The number of carboxylic acid groups (broad SMARTS) is 1. The molecule has 8 nitrogen and oxygen atoms in total. The van der Waals surface area contributed by atoms with Crippen molar-refractivity contribution in [1.82, 2.24) is 9.66 Å². The first-order chi connectivity index (χ1) is 13.8. The van der Waals surface area contributed by atoms with Crippen LogP contribution in [0.15, 0.2) is 44.7 Å². The van der Waals surface area contributed by atoms with Crippen LogP contribution in [-0.2, 0) is 4.79 Å². The number of methoxy groups -OCH3 is 1. The van der Waals surface area contributed by atoms with E-state index < -0.39 is 12.6 Å². The molecular formula is C19H15BrIN3O5. The summed E-state index contributed by atoms with van der Waals surface area (Å²) in [5.74, 6) is 0.0605. The highest BCUT2D eigenvalue weighted by Crippen LogP contribution is 2.33. The first-order valence-corrected chi connectivity index (χ1v) is 10.1. The summed E-state index contributed by atoms with van der Waals surface area (Å²) in [5, 5.41) is 13.5. The zero-order valence-corrected chi connectivity index (χ0v) is 19.1. The highest BCUT2D eigenvalue weighted by atomic mass is 127. The Bertz CT molecular complexity index is 1190. The first-order valence-electron chi connectivity index (χ1n) is 8.25. The Morgan fingerprint density at radius 2 is 2.14 bits per heavy atom. The standard InChI is InChI=1S/C19H15BrIN3O5/c1-10-23-15-4-3-12(20)7-13(15)19(27)24(10)22-8-11-5-14(21)18(16(6-11)28-2)29-9-17(25)26/h3-8H,9H2,1-2H3,(H,25,26). The second kappa shape index (κ2) is 8.91. The summed E-state index contributed by atoms with van der Waals surface area (Å²) in [6.07, 6.45) is 1.51. The second-order valence-electron chi connectivity index (χ2n) is 5.90. The van der Waals surface area contributed by atoms with Crippen molar-refractivity contribution in [2.45, 2.75) is 6.92 Å². The fourth-order valence-corrected chi connectivity index (χ4v) is 3.75. The monoisotopic (exact) mass is 571 g/mol. The molecule has 0 bridgehead atoms. The van der Waals surface area contributed by atoms with Gasteiger partial charge in [0.2, 0.25) is 0 Å². The van der Waals surface area contributed by atoms with Gasteiger partial charge in [0, 0.05) is 4.47 Å². The van der Waals surface area contributed by atoms with Crippen molar-refractivity contribution < 1.29 is 19.4 Å².